The van der Waals surface area contributed by atoms with Gasteiger partial charge < -0.3 is 15.2 Å². The van der Waals surface area contributed by atoms with E-state index < -0.39 is 10.0 Å². The van der Waals surface area contributed by atoms with Gasteiger partial charge in [0.15, 0.2) is 5.65 Å². The normalized spacial score (nSPS) is 14.7. The highest BCUT2D eigenvalue weighted by Gasteiger charge is 2.31. The van der Waals surface area contributed by atoms with Gasteiger partial charge in [0, 0.05) is 43.6 Å². The van der Waals surface area contributed by atoms with E-state index in [2.05, 4.69) is 62.7 Å². The topological polar surface area (TPSA) is 142 Å². The first-order valence-electron chi connectivity index (χ1n) is 10.4. The Morgan fingerprint density at radius 2 is 2.00 bits per heavy atom. The van der Waals surface area contributed by atoms with Crippen molar-refractivity contribution in [3.8, 4) is 0 Å². The predicted molar refractivity (Wildman–Crippen MR) is 130 cm³/mol. The molecule has 3 N–H and O–H groups in total. The standard InChI is InChI=1S/C20H22BrN9O2S/c1-3-13-16(21)15-18(27-13)28-20(26-12-6-14-17(24-8-12)23-5-4-22-14)29-19(15)30-9-11(10-30)7-25-33(2,31)32/h4-6,8,11,25H,3,7,9-10H2,1-2H3,(H2,26,27,28,29). The molecule has 4 aromatic rings. The molecule has 172 valence electrons. The van der Waals surface area contributed by atoms with Crippen LogP contribution in [0.1, 0.15) is 12.6 Å². The van der Waals surface area contributed by atoms with Gasteiger partial charge in [0.1, 0.15) is 17.0 Å². The zero-order chi connectivity index (χ0) is 23.2. The summed E-state index contributed by atoms with van der Waals surface area (Å²) in [6.45, 7) is 3.87. The number of nitrogens with zero attached hydrogens (tertiary/aromatic N) is 6. The number of aryl methyl sites for hydroxylation is 1. The fourth-order valence-electron chi connectivity index (χ4n) is 3.82. The van der Waals surface area contributed by atoms with Crippen LogP contribution < -0.4 is 14.9 Å². The van der Waals surface area contributed by atoms with Crippen LogP contribution in [0.4, 0.5) is 17.5 Å². The van der Waals surface area contributed by atoms with Crippen LogP contribution in [-0.4, -0.2) is 64.2 Å². The fraction of sp³-hybridized carbons (Fsp3) is 0.350. The van der Waals surface area contributed by atoms with E-state index in [9.17, 15) is 8.42 Å². The van der Waals surface area contributed by atoms with Gasteiger partial charge in [-0.05, 0) is 28.4 Å². The molecule has 5 rings (SSSR count). The van der Waals surface area contributed by atoms with Crippen molar-refractivity contribution in [3.63, 3.8) is 0 Å². The molecule has 0 saturated carbocycles. The van der Waals surface area contributed by atoms with Crippen molar-refractivity contribution in [1.29, 1.82) is 0 Å². The van der Waals surface area contributed by atoms with Gasteiger partial charge >= 0.3 is 0 Å². The Bertz CT molecular complexity index is 1450. The number of rotatable bonds is 7. The van der Waals surface area contributed by atoms with Crippen LogP contribution in [0.15, 0.2) is 29.1 Å². The summed E-state index contributed by atoms with van der Waals surface area (Å²) in [5, 5.41) is 4.14. The number of nitrogens with one attached hydrogen (secondary N) is 3. The van der Waals surface area contributed by atoms with Crippen molar-refractivity contribution >= 4 is 65.6 Å². The third kappa shape index (κ3) is 4.48. The Labute approximate surface area is 198 Å². The minimum absolute atomic E-state index is 0.216. The summed E-state index contributed by atoms with van der Waals surface area (Å²) in [5.41, 5.74) is 3.70. The minimum atomic E-state index is -3.21. The third-order valence-electron chi connectivity index (χ3n) is 5.47. The number of pyridine rings is 1. The second-order valence-corrected chi connectivity index (χ2v) is 10.6. The highest BCUT2D eigenvalue weighted by atomic mass is 79.9. The molecule has 1 saturated heterocycles. The summed E-state index contributed by atoms with van der Waals surface area (Å²) < 4.78 is 26.3. The quantitative estimate of drug-likeness (QED) is 0.327. The number of aromatic amines is 1. The molecule has 0 bridgehead atoms. The van der Waals surface area contributed by atoms with E-state index in [0.717, 1.165) is 33.4 Å². The average molecular weight is 532 g/mol. The molecule has 0 aromatic carbocycles. The number of anilines is 3. The van der Waals surface area contributed by atoms with Crippen LogP contribution in [0, 0.1) is 5.92 Å². The lowest BCUT2D eigenvalue weighted by atomic mass is 10.0. The predicted octanol–water partition coefficient (Wildman–Crippen LogP) is 2.35. The maximum Gasteiger partial charge on any atom is 0.231 e. The molecule has 0 atom stereocenters. The Hall–Kier alpha value is -2.90. The lowest BCUT2D eigenvalue weighted by molar-refractivity contribution is 0.404. The number of fused-ring (bicyclic) bond motifs is 2. The van der Waals surface area contributed by atoms with Gasteiger partial charge in [-0.25, -0.2) is 23.1 Å². The van der Waals surface area contributed by atoms with Crippen molar-refractivity contribution in [3.05, 3.63) is 34.8 Å². The van der Waals surface area contributed by atoms with Crippen molar-refractivity contribution < 1.29 is 8.42 Å². The molecule has 0 radical (unpaired) electrons. The molecule has 0 amide bonds. The second kappa shape index (κ2) is 8.47. The van der Waals surface area contributed by atoms with E-state index in [4.69, 9.17) is 4.98 Å². The van der Waals surface area contributed by atoms with E-state index >= 15 is 0 Å². The number of hydrogen-bond acceptors (Lipinski definition) is 9. The van der Waals surface area contributed by atoms with Crippen molar-refractivity contribution in [1.82, 2.24) is 34.6 Å². The molecule has 1 aliphatic heterocycles. The van der Waals surface area contributed by atoms with E-state index in [1.807, 2.05) is 6.07 Å². The zero-order valence-electron chi connectivity index (χ0n) is 18.0. The average Bonchev–Trinajstić information content (AvgIpc) is 3.07. The largest absolute Gasteiger partial charge is 0.355 e. The minimum Gasteiger partial charge on any atom is -0.355 e. The summed E-state index contributed by atoms with van der Waals surface area (Å²) in [6.07, 6.45) is 6.88. The molecule has 1 aliphatic rings. The summed E-state index contributed by atoms with van der Waals surface area (Å²) in [5.74, 6) is 1.43. The first-order chi connectivity index (χ1) is 15.8. The van der Waals surface area contributed by atoms with Crippen LogP contribution in [0.2, 0.25) is 0 Å². The fourth-order valence-corrected chi connectivity index (χ4v) is 5.10. The SMILES string of the molecule is CCc1[nH]c2nc(Nc3cnc4nccnc4c3)nc(N3CC(CNS(C)(=O)=O)C3)c2c1Br. The van der Waals surface area contributed by atoms with Crippen LogP contribution in [0.3, 0.4) is 0 Å². The smallest absolute Gasteiger partial charge is 0.231 e. The van der Waals surface area contributed by atoms with Gasteiger partial charge in [-0.15, -0.1) is 0 Å². The molecule has 5 heterocycles. The zero-order valence-corrected chi connectivity index (χ0v) is 20.4. The van der Waals surface area contributed by atoms with E-state index in [0.29, 0.717) is 42.4 Å². The van der Waals surface area contributed by atoms with Crippen LogP contribution >= 0.6 is 15.9 Å². The molecule has 11 nitrogen and oxygen atoms in total. The number of sulfonamides is 1. The summed E-state index contributed by atoms with van der Waals surface area (Å²) in [4.78, 5) is 27.8. The maximum absolute atomic E-state index is 11.4. The van der Waals surface area contributed by atoms with E-state index in [1.165, 1.54) is 6.26 Å². The van der Waals surface area contributed by atoms with E-state index in [1.54, 1.807) is 18.6 Å². The van der Waals surface area contributed by atoms with Crippen LogP contribution in [0.25, 0.3) is 22.2 Å². The van der Waals surface area contributed by atoms with Gasteiger partial charge in [0.05, 0.1) is 28.0 Å². The van der Waals surface area contributed by atoms with Gasteiger partial charge in [0.2, 0.25) is 16.0 Å². The number of halogens is 1. The highest BCUT2D eigenvalue weighted by Crippen LogP contribution is 2.37. The Balaban J connectivity index is 1.46. The molecule has 33 heavy (non-hydrogen) atoms. The monoisotopic (exact) mass is 531 g/mol. The Morgan fingerprint density at radius 3 is 2.76 bits per heavy atom. The Kier molecular flexibility index (Phi) is 5.62. The first-order valence-corrected chi connectivity index (χ1v) is 13.1. The van der Waals surface area contributed by atoms with E-state index in [-0.39, 0.29) is 5.92 Å². The molecule has 0 spiro atoms. The molecule has 0 unspecified atom stereocenters. The van der Waals surface area contributed by atoms with Crippen LogP contribution in [-0.2, 0) is 16.4 Å². The lowest BCUT2D eigenvalue weighted by Gasteiger charge is -2.40. The molecule has 13 heteroatoms. The maximum atomic E-state index is 11.4. The van der Waals surface area contributed by atoms with Gasteiger partial charge in [-0.2, -0.15) is 9.97 Å². The van der Waals surface area contributed by atoms with Crippen LogP contribution in [0.5, 0.6) is 0 Å². The summed E-state index contributed by atoms with van der Waals surface area (Å²) in [6, 6.07) is 1.85. The number of H-pyrrole nitrogens is 1. The molecule has 1 fully saturated rings. The lowest BCUT2D eigenvalue weighted by Crippen LogP contribution is -2.51. The summed E-state index contributed by atoms with van der Waals surface area (Å²) >= 11 is 3.70. The highest BCUT2D eigenvalue weighted by molar-refractivity contribution is 9.10. The molecular formula is C20H22BrN9O2S. The second-order valence-electron chi connectivity index (χ2n) is 8.01. The molecular weight excluding hydrogens is 510 g/mol. The summed E-state index contributed by atoms with van der Waals surface area (Å²) in [7, 11) is -3.21. The number of aromatic nitrogens is 6. The molecule has 4 aromatic heterocycles. The molecule has 0 aliphatic carbocycles. The van der Waals surface area contributed by atoms with Crippen molar-refractivity contribution in [2.24, 2.45) is 5.92 Å². The van der Waals surface area contributed by atoms with Crippen molar-refractivity contribution in [2.45, 2.75) is 13.3 Å². The number of hydrogen-bond donors (Lipinski definition) is 3. The third-order valence-corrected chi connectivity index (χ3v) is 7.03. The van der Waals surface area contributed by atoms with Crippen molar-refractivity contribution in [2.75, 3.05) is 36.1 Å². The van der Waals surface area contributed by atoms with Gasteiger partial charge in [-0.3, -0.25) is 4.98 Å². The first kappa shape index (κ1) is 21.9. The van der Waals surface area contributed by atoms with Gasteiger partial charge in [0.25, 0.3) is 0 Å². The Morgan fingerprint density at radius 1 is 1.21 bits per heavy atom. The van der Waals surface area contributed by atoms with Gasteiger partial charge in [-0.1, -0.05) is 6.92 Å².